The van der Waals surface area contributed by atoms with Crippen LogP contribution >= 0.6 is 0 Å². The molecule has 30 heavy (non-hydrogen) atoms. The number of esters is 1. The Hall–Kier alpha value is -2.76. The normalized spacial score (nSPS) is 13.0. The number of amides is 1. The van der Waals surface area contributed by atoms with Crippen molar-refractivity contribution < 1.29 is 31.2 Å². The minimum absolute atomic E-state index is 0.00691. The molecule has 0 aliphatic heterocycles. The largest absolute Gasteiger partial charge is 0.449 e. The Morgan fingerprint density at radius 3 is 2.17 bits per heavy atom. The summed E-state index contributed by atoms with van der Waals surface area (Å²) < 4.78 is 53.8. The molecule has 0 aliphatic rings. The molecule has 0 bridgehead atoms. The molecule has 0 aliphatic carbocycles. The van der Waals surface area contributed by atoms with Crippen LogP contribution in [0.5, 0.6) is 0 Å². The molecule has 9 nitrogen and oxygen atoms in total. The van der Waals surface area contributed by atoms with Crippen LogP contribution in [0.2, 0.25) is 0 Å². The van der Waals surface area contributed by atoms with E-state index in [1.54, 1.807) is 0 Å². The van der Waals surface area contributed by atoms with Crippen molar-refractivity contribution in [2.45, 2.75) is 22.8 Å². The molecule has 0 aromatic heterocycles. The van der Waals surface area contributed by atoms with Crippen molar-refractivity contribution in [3.8, 4) is 0 Å². The number of carbonyl (C=O) groups is 2. The molecule has 2 rings (SSSR count). The van der Waals surface area contributed by atoms with Crippen LogP contribution in [0.4, 0.5) is 5.69 Å². The lowest BCUT2D eigenvalue weighted by Crippen LogP contribution is -2.30. The van der Waals surface area contributed by atoms with Gasteiger partial charge < -0.3 is 10.1 Å². The van der Waals surface area contributed by atoms with Crippen molar-refractivity contribution in [2.24, 2.45) is 0 Å². The highest BCUT2D eigenvalue weighted by molar-refractivity contribution is 7.90. The van der Waals surface area contributed by atoms with Gasteiger partial charge in [0.25, 0.3) is 5.91 Å². The van der Waals surface area contributed by atoms with E-state index in [9.17, 15) is 26.4 Å². The third-order valence-corrected chi connectivity index (χ3v) is 6.95. The maximum Gasteiger partial charge on any atom is 0.338 e. The number of nitrogens with one attached hydrogen (secondary N) is 1. The fraction of sp³-hybridized carbons (Fsp3) is 0.263. The first-order valence-electron chi connectivity index (χ1n) is 8.67. The highest BCUT2D eigenvalue weighted by Gasteiger charge is 2.22. The van der Waals surface area contributed by atoms with E-state index in [-0.39, 0.29) is 21.0 Å². The molecule has 0 heterocycles. The van der Waals surface area contributed by atoms with E-state index in [0.717, 1.165) is 16.6 Å². The molecule has 0 saturated carbocycles. The molecule has 11 heteroatoms. The third kappa shape index (κ3) is 5.65. The van der Waals surface area contributed by atoms with E-state index in [4.69, 9.17) is 4.74 Å². The summed E-state index contributed by atoms with van der Waals surface area (Å²) in [5, 5.41) is 2.49. The predicted molar refractivity (Wildman–Crippen MR) is 110 cm³/mol. The zero-order chi connectivity index (χ0) is 22.7. The van der Waals surface area contributed by atoms with Crippen LogP contribution in [0, 0.1) is 0 Å². The molecule has 2 aromatic carbocycles. The molecule has 1 unspecified atom stereocenters. The molecule has 0 fully saturated rings. The minimum Gasteiger partial charge on any atom is -0.449 e. The second-order valence-electron chi connectivity index (χ2n) is 6.65. The van der Waals surface area contributed by atoms with E-state index in [1.165, 1.54) is 63.5 Å². The molecular formula is C19H22N2O7S2. The van der Waals surface area contributed by atoms with Gasteiger partial charge in [0, 0.05) is 26.0 Å². The minimum atomic E-state index is -3.68. The van der Waals surface area contributed by atoms with Gasteiger partial charge in [-0.2, -0.15) is 0 Å². The van der Waals surface area contributed by atoms with E-state index in [1.807, 2.05) is 0 Å². The molecule has 1 amide bonds. The zero-order valence-electron chi connectivity index (χ0n) is 16.8. The van der Waals surface area contributed by atoms with Crippen molar-refractivity contribution >= 4 is 37.4 Å². The summed E-state index contributed by atoms with van der Waals surface area (Å²) in [6, 6.07) is 10.9. The topological polar surface area (TPSA) is 127 Å². The summed E-state index contributed by atoms with van der Waals surface area (Å²) in [4.78, 5) is 24.6. The van der Waals surface area contributed by atoms with Crippen LogP contribution in [0.15, 0.2) is 58.3 Å². The van der Waals surface area contributed by atoms with Gasteiger partial charge in [0.1, 0.15) is 0 Å². The summed E-state index contributed by atoms with van der Waals surface area (Å²) in [6.45, 7) is 1.34. The maximum absolute atomic E-state index is 12.4. The van der Waals surface area contributed by atoms with Gasteiger partial charge in [0.05, 0.1) is 15.4 Å². The van der Waals surface area contributed by atoms with Gasteiger partial charge in [0.2, 0.25) is 10.0 Å². The smallest absolute Gasteiger partial charge is 0.338 e. The first-order chi connectivity index (χ1) is 13.8. The summed E-state index contributed by atoms with van der Waals surface area (Å²) >= 11 is 0. The summed E-state index contributed by atoms with van der Waals surface area (Å²) in [5.74, 6) is -1.55. The van der Waals surface area contributed by atoms with Gasteiger partial charge in [-0.15, -0.1) is 0 Å². The number of ether oxygens (including phenoxy) is 1. The average molecular weight is 455 g/mol. The number of benzene rings is 2. The molecule has 1 N–H and O–H groups in total. The predicted octanol–water partition coefficient (Wildman–Crippen LogP) is 1.52. The van der Waals surface area contributed by atoms with E-state index in [2.05, 4.69) is 5.32 Å². The zero-order valence-corrected chi connectivity index (χ0v) is 18.5. The number of nitrogens with zero attached hydrogens (tertiary/aromatic N) is 1. The van der Waals surface area contributed by atoms with Crippen molar-refractivity contribution in [3.05, 3.63) is 54.1 Å². The first kappa shape index (κ1) is 23.5. The monoisotopic (exact) mass is 454 g/mol. The number of anilines is 1. The number of sulfonamides is 1. The Kier molecular flexibility index (Phi) is 7.01. The van der Waals surface area contributed by atoms with E-state index >= 15 is 0 Å². The summed E-state index contributed by atoms with van der Waals surface area (Å²) in [6.07, 6.45) is -0.202. The molecule has 0 radical (unpaired) electrons. The van der Waals surface area contributed by atoms with E-state index < -0.39 is 37.8 Å². The summed E-state index contributed by atoms with van der Waals surface area (Å²) in [7, 11) is -4.41. The van der Waals surface area contributed by atoms with Crippen LogP contribution in [-0.2, 0) is 29.4 Å². The van der Waals surface area contributed by atoms with Crippen molar-refractivity contribution in [1.29, 1.82) is 0 Å². The van der Waals surface area contributed by atoms with Crippen LogP contribution in [0.1, 0.15) is 17.3 Å². The number of hydrogen-bond donors (Lipinski definition) is 1. The van der Waals surface area contributed by atoms with Crippen LogP contribution in [-0.4, -0.2) is 59.5 Å². The van der Waals surface area contributed by atoms with Gasteiger partial charge in [-0.05, 0) is 43.3 Å². The quantitative estimate of drug-likeness (QED) is 0.629. The molecule has 162 valence electrons. The number of carbonyl (C=O) groups excluding carboxylic acids is 2. The summed E-state index contributed by atoms with van der Waals surface area (Å²) in [5.41, 5.74) is 0.196. The van der Waals surface area contributed by atoms with Crippen LogP contribution in [0.3, 0.4) is 0 Å². The van der Waals surface area contributed by atoms with E-state index in [0.29, 0.717) is 0 Å². The van der Waals surface area contributed by atoms with Gasteiger partial charge in [-0.1, -0.05) is 12.1 Å². The highest BCUT2D eigenvalue weighted by Crippen LogP contribution is 2.19. The van der Waals surface area contributed by atoms with Crippen molar-refractivity contribution in [2.75, 3.05) is 25.7 Å². The Morgan fingerprint density at radius 2 is 1.57 bits per heavy atom. The second kappa shape index (κ2) is 8.94. The molecule has 1 atom stereocenters. The fourth-order valence-electron chi connectivity index (χ4n) is 2.32. The standard InChI is InChI=1S/C19H22N2O7S2/c1-13(28-19(23)14-7-5-9-16(11-14)29(4,24)25)18(22)20-15-8-6-10-17(12-15)30(26,27)21(2)3/h5-13H,1-4H3,(H,20,22). The molecular weight excluding hydrogens is 432 g/mol. The lowest BCUT2D eigenvalue weighted by atomic mass is 10.2. The van der Waals surface area contributed by atoms with Gasteiger partial charge >= 0.3 is 5.97 Å². The number of sulfone groups is 1. The van der Waals surface area contributed by atoms with Gasteiger partial charge in [0.15, 0.2) is 15.9 Å². The Bertz CT molecular complexity index is 1170. The number of rotatable bonds is 7. The fourth-order valence-corrected chi connectivity index (χ4v) is 3.94. The Morgan fingerprint density at radius 1 is 0.967 bits per heavy atom. The van der Waals surface area contributed by atoms with Crippen LogP contribution < -0.4 is 5.32 Å². The lowest BCUT2D eigenvalue weighted by molar-refractivity contribution is -0.123. The van der Waals surface area contributed by atoms with Gasteiger partial charge in [-0.25, -0.2) is 25.9 Å². The maximum atomic E-state index is 12.4. The van der Waals surface area contributed by atoms with Crippen molar-refractivity contribution in [3.63, 3.8) is 0 Å². The lowest BCUT2D eigenvalue weighted by Gasteiger charge is -2.15. The third-order valence-electron chi connectivity index (χ3n) is 4.03. The Labute approximate surface area is 175 Å². The van der Waals surface area contributed by atoms with Crippen molar-refractivity contribution in [1.82, 2.24) is 4.31 Å². The molecule has 2 aromatic rings. The second-order valence-corrected chi connectivity index (χ2v) is 10.8. The average Bonchev–Trinajstić information content (AvgIpc) is 2.67. The highest BCUT2D eigenvalue weighted by atomic mass is 32.2. The Balaban J connectivity index is 2.11. The van der Waals surface area contributed by atoms with Crippen LogP contribution in [0.25, 0.3) is 0 Å². The SMILES string of the molecule is CC(OC(=O)c1cccc(S(C)(=O)=O)c1)C(=O)Nc1cccc(S(=O)(=O)N(C)C)c1. The van der Waals surface area contributed by atoms with Gasteiger partial charge in [-0.3, -0.25) is 4.79 Å². The first-order valence-corrected chi connectivity index (χ1v) is 12.0. The molecule has 0 spiro atoms. The molecule has 0 saturated heterocycles. The number of hydrogen-bond acceptors (Lipinski definition) is 7.